The number of carbonyl (C=O) groups excluding carboxylic acids is 4. The third kappa shape index (κ3) is 2.76. The number of nitro groups is 1. The highest BCUT2D eigenvalue weighted by atomic mass is 16.6. The van der Waals surface area contributed by atoms with E-state index in [0.717, 1.165) is 17.4 Å². The van der Waals surface area contributed by atoms with Gasteiger partial charge in [0.25, 0.3) is 5.69 Å². The van der Waals surface area contributed by atoms with Crippen LogP contribution in [0.2, 0.25) is 0 Å². The highest BCUT2D eigenvalue weighted by molar-refractivity contribution is 6.08. The Kier molecular flexibility index (Phi) is 4.09. The number of rotatable bonds is 6. The second-order valence-corrected chi connectivity index (χ2v) is 8.31. The number of esters is 1. The van der Waals surface area contributed by atoms with E-state index < -0.39 is 41.7 Å². The SMILES string of the molecule is O=C(CN1C(=O)[C@@H]2[C@H]3C=C[C@@H]([C@@H]4C[C@@H]34)[C@H]2C1=O)OCC(=O)c1cccc([N+](=O)[O-])c1. The minimum Gasteiger partial charge on any atom is -0.456 e. The van der Waals surface area contributed by atoms with Crippen molar-refractivity contribution in [2.45, 2.75) is 6.42 Å². The molecule has 30 heavy (non-hydrogen) atoms. The molecule has 2 amide bonds. The normalized spacial score (nSPS) is 32.6. The van der Waals surface area contributed by atoms with E-state index in [-0.39, 0.29) is 34.9 Å². The lowest BCUT2D eigenvalue weighted by Crippen LogP contribution is -2.40. The summed E-state index contributed by atoms with van der Waals surface area (Å²) in [6.45, 7) is -1.15. The minimum atomic E-state index is -0.861. The predicted molar refractivity (Wildman–Crippen MR) is 99.8 cm³/mol. The number of non-ortho nitro benzene ring substituents is 1. The number of Topliss-reactive ketones (excluding diaryl/α,β-unsaturated/α-hetero) is 1. The zero-order valence-corrected chi connectivity index (χ0v) is 15.8. The molecule has 0 radical (unpaired) electrons. The molecule has 0 spiro atoms. The van der Waals surface area contributed by atoms with E-state index in [2.05, 4.69) is 0 Å². The second-order valence-electron chi connectivity index (χ2n) is 8.31. The Morgan fingerprint density at radius 2 is 1.73 bits per heavy atom. The maximum atomic E-state index is 12.8. The molecule has 1 aliphatic heterocycles. The molecule has 5 aliphatic rings. The van der Waals surface area contributed by atoms with Crippen molar-refractivity contribution in [3.05, 3.63) is 52.1 Å². The van der Waals surface area contributed by atoms with Crippen LogP contribution in [0.5, 0.6) is 0 Å². The number of nitrogens with zero attached hydrogens (tertiary/aromatic N) is 2. The Morgan fingerprint density at radius 3 is 2.33 bits per heavy atom. The molecule has 1 aromatic carbocycles. The van der Waals surface area contributed by atoms with Crippen molar-refractivity contribution in [1.29, 1.82) is 0 Å². The molecule has 6 atom stereocenters. The summed E-state index contributed by atoms with van der Waals surface area (Å²) in [5, 5.41) is 10.8. The fourth-order valence-electron chi connectivity index (χ4n) is 5.37. The van der Waals surface area contributed by atoms with Gasteiger partial charge < -0.3 is 4.74 Å². The Bertz CT molecular complexity index is 996. The van der Waals surface area contributed by atoms with Crippen LogP contribution >= 0.6 is 0 Å². The second kappa shape index (κ2) is 6.58. The molecule has 2 saturated carbocycles. The molecular weight excluding hydrogens is 392 g/mol. The number of allylic oxidation sites excluding steroid dienone is 2. The van der Waals surface area contributed by atoms with Gasteiger partial charge >= 0.3 is 5.97 Å². The third-order valence-corrected chi connectivity index (χ3v) is 6.78. The number of likely N-dealkylation sites (tertiary alicyclic amines) is 1. The molecule has 1 aromatic rings. The first-order valence-corrected chi connectivity index (χ1v) is 9.83. The van der Waals surface area contributed by atoms with E-state index in [4.69, 9.17) is 4.74 Å². The number of ketones is 1. The topological polar surface area (TPSA) is 124 Å². The fourth-order valence-corrected chi connectivity index (χ4v) is 5.37. The summed E-state index contributed by atoms with van der Waals surface area (Å²) in [7, 11) is 0. The van der Waals surface area contributed by atoms with Crippen molar-refractivity contribution in [3.8, 4) is 0 Å². The van der Waals surface area contributed by atoms with Crippen LogP contribution in [0.3, 0.4) is 0 Å². The van der Waals surface area contributed by atoms with Crippen LogP contribution in [0, 0.1) is 45.6 Å². The summed E-state index contributed by atoms with van der Waals surface area (Å²) in [5.41, 5.74) is -0.206. The quantitative estimate of drug-likeness (QED) is 0.173. The molecule has 0 unspecified atom stereocenters. The van der Waals surface area contributed by atoms with Crippen LogP contribution in [0.1, 0.15) is 16.8 Å². The van der Waals surface area contributed by atoms with Crippen molar-refractivity contribution < 1.29 is 28.8 Å². The number of amides is 2. The molecule has 0 N–H and O–H groups in total. The van der Waals surface area contributed by atoms with Crippen LogP contribution in [-0.4, -0.2) is 46.5 Å². The van der Waals surface area contributed by atoms with Crippen LogP contribution in [0.15, 0.2) is 36.4 Å². The van der Waals surface area contributed by atoms with E-state index in [1.807, 2.05) is 12.2 Å². The van der Waals surface area contributed by atoms with Gasteiger partial charge in [-0.2, -0.15) is 0 Å². The molecule has 9 heteroatoms. The zero-order valence-electron chi connectivity index (χ0n) is 15.8. The molecular formula is C21H18N2O7. The van der Waals surface area contributed by atoms with Crippen LogP contribution in [0.4, 0.5) is 5.69 Å². The highest BCUT2D eigenvalue weighted by Crippen LogP contribution is 2.65. The van der Waals surface area contributed by atoms with E-state index in [1.165, 1.54) is 18.2 Å². The average Bonchev–Trinajstić information content (AvgIpc) is 3.53. The molecule has 9 nitrogen and oxygen atoms in total. The van der Waals surface area contributed by atoms with Gasteiger partial charge in [0.1, 0.15) is 6.54 Å². The number of imide groups is 1. The Labute approximate surface area is 170 Å². The Morgan fingerprint density at radius 1 is 1.10 bits per heavy atom. The number of benzene rings is 1. The number of hydrogen-bond donors (Lipinski definition) is 0. The molecule has 1 saturated heterocycles. The van der Waals surface area contributed by atoms with Crippen molar-refractivity contribution in [3.63, 3.8) is 0 Å². The number of nitro benzene ring substituents is 1. The van der Waals surface area contributed by atoms with Gasteiger partial charge in [0.15, 0.2) is 6.61 Å². The Balaban J connectivity index is 1.21. The number of hydrogen-bond acceptors (Lipinski definition) is 7. The third-order valence-electron chi connectivity index (χ3n) is 6.78. The van der Waals surface area contributed by atoms with Crippen molar-refractivity contribution in [2.75, 3.05) is 13.2 Å². The van der Waals surface area contributed by atoms with E-state index in [1.54, 1.807) is 0 Å². The van der Waals surface area contributed by atoms with Gasteiger partial charge in [-0.15, -0.1) is 0 Å². The first-order valence-electron chi connectivity index (χ1n) is 9.83. The minimum absolute atomic E-state index is 0.0400. The summed E-state index contributed by atoms with van der Waals surface area (Å²) in [5.74, 6) is -1.85. The molecule has 3 fully saturated rings. The van der Waals surface area contributed by atoms with Crippen molar-refractivity contribution in [1.82, 2.24) is 4.90 Å². The van der Waals surface area contributed by atoms with Gasteiger partial charge in [-0.25, -0.2) is 0 Å². The van der Waals surface area contributed by atoms with Gasteiger partial charge in [0.2, 0.25) is 17.6 Å². The van der Waals surface area contributed by atoms with E-state index >= 15 is 0 Å². The summed E-state index contributed by atoms with van der Waals surface area (Å²) in [4.78, 5) is 61.2. The average molecular weight is 410 g/mol. The van der Waals surface area contributed by atoms with Crippen molar-refractivity contribution >= 4 is 29.3 Å². The number of carbonyl (C=O) groups is 4. The first-order chi connectivity index (χ1) is 14.4. The summed E-state index contributed by atoms with van der Waals surface area (Å²) >= 11 is 0. The largest absolute Gasteiger partial charge is 0.456 e. The molecule has 4 aliphatic carbocycles. The zero-order chi connectivity index (χ0) is 21.2. The van der Waals surface area contributed by atoms with Gasteiger partial charge in [-0.3, -0.25) is 34.2 Å². The summed E-state index contributed by atoms with van der Waals surface area (Å²) in [6.07, 6.45) is 5.15. The first kappa shape index (κ1) is 18.7. The maximum absolute atomic E-state index is 12.8. The molecule has 1 heterocycles. The lowest BCUT2D eigenvalue weighted by molar-refractivity contribution is -0.384. The molecule has 6 rings (SSSR count). The number of ether oxygens (including phenoxy) is 1. The van der Waals surface area contributed by atoms with Gasteiger partial charge in [0.05, 0.1) is 16.8 Å². The fraction of sp³-hybridized carbons (Fsp3) is 0.429. The predicted octanol–water partition coefficient (Wildman–Crippen LogP) is 1.37. The smallest absolute Gasteiger partial charge is 0.326 e. The standard InChI is InChI=1S/C21H18N2O7/c24-16(10-2-1-3-11(6-10)23(28)29)9-30-17(25)8-22-20(26)18-12-4-5-13(15-7-14(12)15)19(18)21(22)27/h1-6,12-15,18-19H,7-9H2/t12-,13-,14-,15-,18+,19+/m0/s1. The Hall–Kier alpha value is -3.36. The molecule has 2 bridgehead atoms. The van der Waals surface area contributed by atoms with Crippen molar-refractivity contribution in [2.24, 2.45) is 35.5 Å². The molecule has 154 valence electrons. The van der Waals surface area contributed by atoms with Gasteiger partial charge in [-0.1, -0.05) is 24.3 Å². The molecule has 0 aromatic heterocycles. The van der Waals surface area contributed by atoms with Crippen LogP contribution < -0.4 is 0 Å². The van der Waals surface area contributed by atoms with Gasteiger partial charge in [-0.05, 0) is 30.1 Å². The van der Waals surface area contributed by atoms with Gasteiger partial charge in [0, 0.05) is 17.7 Å². The lowest BCUT2D eigenvalue weighted by Gasteiger charge is -2.37. The van der Waals surface area contributed by atoms with Crippen LogP contribution in [-0.2, 0) is 19.1 Å². The summed E-state index contributed by atoms with van der Waals surface area (Å²) < 4.78 is 4.95. The monoisotopic (exact) mass is 410 g/mol. The lowest BCUT2D eigenvalue weighted by atomic mass is 9.63. The van der Waals surface area contributed by atoms with E-state index in [0.29, 0.717) is 11.8 Å². The van der Waals surface area contributed by atoms with E-state index in [9.17, 15) is 29.3 Å². The highest BCUT2D eigenvalue weighted by Gasteiger charge is 2.67. The van der Waals surface area contributed by atoms with Crippen LogP contribution in [0.25, 0.3) is 0 Å². The maximum Gasteiger partial charge on any atom is 0.326 e. The summed E-state index contributed by atoms with van der Waals surface area (Å²) in [6, 6.07) is 5.10.